The molecule has 0 aromatic heterocycles. The molecule has 4 rings (SSSR count). The average Bonchev–Trinajstić information content (AvgIpc) is 3.03. The highest BCUT2D eigenvalue weighted by atomic mass is 16.3. The predicted molar refractivity (Wildman–Crippen MR) is 120 cm³/mol. The van der Waals surface area contributed by atoms with Gasteiger partial charge < -0.3 is 10.2 Å². The molecule has 164 valence electrons. The Kier molecular flexibility index (Phi) is 5.84. The third-order valence-electron chi connectivity index (χ3n) is 10.2. The van der Waals surface area contributed by atoms with Crippen LogP contribution in [0, 0.1) is 40.4 Å². The molecule has 9 atom stereocenters. The first-order valence-corrected chi connectivity index (χ1v) is 12.4. The van der Waals surface area contributed by atoms with Gasteiger partial charge >= 0.3 is 0 Å². The molecule has 2 nitrogen and oxygen atoms in total. The van der Waals surface area contributed by atoms with E-state index in [9.17, 15) is 10.2 Å². The Bertz CT molecular complexity index is 674. The third kappa shape index (κ3) is 3.57. The smallest absolute Gasteiger partial charge is 0.0603 e. The lowest BCUT2D eigenvalue weighted by Crippen LogP contribution is -2.51. The van der Waals surface area contributed by atoms with Gasteiger partial charge in [0.25, 0.3) is 0 Å². The second kappa shape index (κ2) is 7.83. The topological polar surface area (TPSA) is 40.5 Å². The minimum Gasteiger partial charge on any atom is -0.393 e. The van der Waals surface area contributed by atoms with Crippen molar-refractivity contribution in [3.8, 4) is 0 Å². The number of hydrogen-bond acceptors (Lipinski definition) is 2. The van der Waals surface area contributed by atoms with E-state index in [-0.39, 0.29) is 12.2 Å². The van der Waals surface area contributed by atoms with Crippen LogP contribution in [0.15, 0.2) is 23.3 Å². The maximum Gasteiger partial charge on any atom is 0.0603 e. The molecule has 2 heteroatoms. The first-order valence-electron chi connectivity index (χ1n) is 12.4. The number of aliphatic hydroxyl groups excluding tert-OH is 2. The summed E-state index contributed by atoms with van der Waals surface area (Å²) in [5.41, 5.74) is 3.60. The van der Waals surface area contributed by atoms with E-state index >= 15 is 0 Å². The number of aliphatic hydroxyl groups is 2. The van der Waals surface area contributed by atoms with Crippen molar-refractivity contribution in [1.29, 1.82) is 0 Å². The Hall–Kier alpha value is -0.600. The zero-order chi connectivity index (χ0) is 21.0. The van der Waals surface area contributed by atoms with Crippen LogP contribution in [0.3, 0.4) is 0 Å². The number of fused-ring (bicyclic) bond motifs is 5. The molecule has 0 heterocycles. The van der Waals surface area contributed by atoms with Gasteiger partial charge in [-0.2, -0.15) is 0 Å². The molecule has 0 amide bonds. The van der Waals surface area contributed by atoms with Gasteiger partial charge in [-0.25, -0.2) is 0 Å². The van der Waals surface area contributed by atoms with Gasteiger partial charge in [-0.05, 0) is 112 Å². The molecule has 29 heavy (non-hydrogen) atoms. The van der Waals surface area contributed by atoms with Crippen LogP contribution < -0.4 is 0 Å². The Morgan fingerprint density at radius 3 is 2.62 bits per heavy atom. The summed E-state index contributed by atoms with van der Waals surface area (Å²) in [5.74, 6) is 3.46. The van der Waals surface area contributed by atoms with Gasteiger partial charge in [0, 0.05) is 0 Å². The van der Waals surface area contributed by atoms with Gasteiger partial charge in [-0.1, -0.05) is 44.1 Å². The maximum absolute atomic E-state index is 10.9. The molecular formula is C27H44O2. The lowest BCUT2D eigenvalue weighted by atomic mass is 9.47. The summed E-state index contributed by atoms with van der Waals surface area (Å²) in [6.45, 7) is 11.7. The van der Waals surface area contributed by atoms with E-state index in [1.807, 2.05) is 0 Å². The largest absolute Gasteiger partial charge is 0.393 e. The summed E-state index contributed by atoms with van der Waals surface area (Å²) in [5, 5.41) is 21.1. The second-order valence-electron chi connectivity index (χ2n) is 11.8. The molecule has 2 N–H and O–H groups in total. The zero-order valence-corrected chi connectivity index (χ0v) is 19.5. The van der Waals surface area contributed by atoms with E-state index in [2.05, 4.69) is 46.8 Å². The van der Waals surface area contributed by atoms with Gasteiger partial charge in [0.15, 0.2) is 0 Å². The van der Waals surface area contributed by atoms with Gasteiger partial charge in [-0.15, -0.1) is 0 Å². The lowest BCUT2D eigenvalue weighted by Gasteiger charge is -2.58. The highest BCUT2D eigenvalue weighted by Crippen LogP contribution is 2.67. The van der Waals surface area contributed by atoms with Crippen molar-refractivity contribution in [2.75, 3.05) is 0 Å². The molecule has 3 saturated carbocycles. The molecule has 0 aliphatic heterocycles. The van der Waals surface area contributed by atoms with Crippen molar-refractivity contribution < 1.29 is 10.2 Å². The van der Waals surface area contributed by atoms with Crippen molar-refractivity contribution in [2.45, 2.75) is 105 Å². The van der Waals surface area contributed by atoms with E-state index in [1.165, 1.54) is 44.1 Å². The van der Waals surface area contributed by atoms with Crippen molar-refractivity contribution >= 4 is 0 Å². The van der Waals surface area contributed by atoms with E-state index < -0.39 is 0 Å². The Morgan fingerprint density at radius 1 is 1.14 bits per heavy atom. The molecule has 4 aliphatic carbocycles. The molecular weight excluding hydrogens is 356 g/mol. The fourth-order valence-corrected chi connectivity index (χ4v) is 8.39. The molecule has 0 aromatic rings. The standard InChI is InChI=1S/C27H44O2/c1-17(2)6-11-25(29)18(3)22-9-10-23-21-8-7-19-16-20(28)12-14-26(19,4)24(21)13-15-27(22,23)5/h6-7,18,20-25,28-29H,8-16H2,1-5H3/t18-,20-,21-,22+,23-,24-,25+,26-,27+/m0/s1. The fourth-order valence-electron chi connectivity index (χ4n) is 8.39. The SMILES string of the molecule is CC(C)=CC[C@@H](O)[C@@H](C)[C@H]1CC[C@H]2[C@@H]3CC=C4C[C@@H](O)CC[C@]4(C)[C@H]3CC[C@]12C. The molecule has 0 aromatic carbocycles. The minimum atomic E-state index is -0.210. The van der Waals surface area contributed by atoms with Gasteiger partial charge in [0.2, 0.25) is 0 Å². The summed E-state index contributed by atoms with van der Waals surface area (Å²) in [6, 6.07) is 0. The minimum absolute atomic E-state index is 0.112. The molecule has 0 spiro atoms. The van der Waals surface area contributed by atoms with Gasteiger partial charge in [0.1, 0.15) is 0 Å². The van der Waals surface area contributed by atoms with Crippen LogP contribution in [0.5, 0.6) is 0 Å². The first kappa shape index (κ1) is 21.6. The van der Waals surface area contributed by atoms with Crippen LogP contribution >= 0.6 is 0 Å². The number of allylic oxidation sites excluding steroid dienone is 2. The van der Waals surface area contributed by atoms with Crippen LogP contribution in [0.2, 0.25) is 0 Å². The number of rotatable bonds is 4. The molecule has 0 unspecified atom stereocenters. The summed E-state index contributed by atoms with van der Waals surface area (Å²) in [6.07, 6.45) is 14.8. The second-order valence-corrected chi connectivity index (χ2v) is 11.8. The lowest BCUT2D eigenvalue weighted by molar-refractivity contribution is -0.0669. The van der Waals surface area contributed by atoms with Crippen molar-refractivity contribution in [2.24, 2.45) is 40.4 Å². The fraction of sp³-hybridized carbons (Fsp3) is 0.852. The van der Waals surface area contributed by atoms with E-state index in [0.29, 0.717) is 22.7 Å². The molecule has 0 bridgehead atoms. The quantitative estimate of drug-likeness (QED) is 0.545. The Balaban J connectivity index is 1.54. The Labute approximate surface area is 178 Å². The molecule has 0 radical (unpaired) electrons. The first-order chi connectivity index (χ1) is 13.7. The van der Waals surface area contributed by atoms with Crippen LogP contribution in [-0.2, 0) is 0 Å². The predicted octanol–water partition coefficient (Wildman–Crippen LogP) is 6.28. The van der Waals surface area contributed by atoms with Crippen molar-refractivity contribution in [3.05, 3.63) is 23.3 Å². The monoisotopic (exact) mass is 400 g/mol. The summed E-state index contributed by atoms with van der Waals surface area (Å²) >= 11 is 0. The highest BCUT2D eigenvalue weighted by molar-refractivity contribution is 5.25. The number of hydrogen-bond donors (Lipinski definition) is 2. The average molecular weight is 401 g/mol. The van der Waals surface area contributed by atoms with Crippen molar-refractivity contribution in [1.82, 2.24) is 0 Å². The highest BCUT2D eigenvalue weighted by Gasteiger charge is 2.59. The van der Waals surface area contributed by atoms with E-state index in [0.717, 1.165) is 37.0 Å². The van der Waals surface area contributed by atoms with Crippen LogP contribution in [0.1, 0.15) is 92.4 Å². The summed E-state index contributed by atoms with van der Waals surface area (Å²) in [4.78, 5) is 0. The zero-order valence-electron chi connectivity index (χ0n) is 19.5. The Morgan fingerprint density at radius 2 is 1.90 bits per heavy atom. The summed E-state index contributed by atoms with van der Waals surface area (Å²) < 4.78 is 0. The normalized spacial score (nSPS) is 46.0. The van der Waals surface area contributed by atoms with Gasteiger partial charge in [-0.3, -0.25) is 0 Å². The molecule has 3 fully saturated rings. The van der Waals surface area contributed by atoms with Crippen LogP contribution in [0.4, 0.5) is 0 Å². The van der Waals surface area contributed by atoms with Crippen LogP contribution in [-0.4, -0.2) is 22.4 Å². The molecule has 4 aliphatic rings. The van der Waals surface area contributed by atoms with E-state index in [1.54, 1.807) is 5.57 Å². The summed E-state index contributed by atoms with van der Waals surface area (Å²) in [7, 11) is 0. The maximum atomic E-state index is 10.9. The van der Waals surface area contributed by atoms with Crippen LogP contribution in [0.25, 0.3) is 0 Å². The van der Waals surface area contributed by atoms with Crippen molar-refractivity contribution in [3.63, 3.8) is 0 Å². The third-order valence-corrected chi connectivity index (χ3v) is 10.2. The van der Waals surface area contributed by atoms with E-state index in [4.69, 9.17) is 0 Å². The van der Waals surface area contributed by atoms with Gasteiger partial charge in [0.05, 0.1) is 12.2 Å². The molecule has 0 saturated heterocycles.